The molecule has 1 saturated heterocycles. The Morgan fingerprint density at radius 2 is 1.71 bits per heavy atom. The second-order valence-electron chi connectivity index (χ2n) is 5.45. The van der Waals surface area contributed by atoms with Gasteiger partial charge in [0, 0.05) is 0 Å². The highest BCUT2D eigenvalue weighted by molar-refractivity contribution is 4.77. The number of rotatable bonds is 3. The van der Waals surface area contributed by atoms with Crippen molar-refractivity contribution in [2.75, 3.05) is 13.1 Å². The minimum absolute atomic E-state index is 0.986. The lowest BCUT2D eigenvalue weighted by atomic mass is 9.80. The second kappa shape index (κ2) is 5.16. The highest BCUT2D eigenvalue weighted by atomic mass is 14.9. The molecule has 1 heteroatoms. The van der Waals surface area contributed by atoms with Crippen molar-refractivity contribution >= 4 is 0 Å². The van der Waals surface area contributed by atoms with Crippen LogP contribution in [0.3, 0.4) is 0 Å². The molecule has 1 atom stereocenters. The van der Waals surface area contributed by atoms with Crippen molar-refractivity contribution in [3.63, 3.8) is 0 Å². The van der Waals surface area contributed by atoms with E-state index in [0.717, 1.165) is 17.8 Å². The maximum absolute atomic E-state index is 3.46. The van der Waals surface area contributed by atoms with E-state index in [2.05, 4.69) is 12.2 Å². The summed E-state index contributed by atoms with van der Waals surface area (Å²) in [5.41, 5.74) is 0. The molecule has 0 aromatic carbocycles. The van der Waals surface area contributed by atoms with Crippen LogP contribution in [0.25, 0.3) is 0 Å². The molecule has 2 aliphatic rings. The quantitative estimate of drug-likeness (QED) is 0.729. The second-order valence-corrected chi connectivity index (χ2v) is 5.45. The molecule has 0 bridgehead atoms. The maximum Gasteiger partial charge on any atom is -0.00462 e. The summed E-state index contributed by atoms with van der Waals surface area (Å²) in [5, 5.41) is 3.46. The normalized spacial score (nSPS) is 28.1. The molecule has 1 aliphatic carbocycles. The monoisotopic (exact) mass is 195 g/mol. The molecule has 1 saturated carbocycles. The molecule has 0 amide bonds. The smallest absolute Gasteiger partial charge is 0.00462 e. The molecule has 0 aromatic rings. The first kappa shape index (κ1) is 10.5. The van der Waals surface area contributed by atoms with E-state index in [1.165, 1.54) is 58.0 Å². The van der Waals surface area contributed by atoms with Crippen LogP contribution in [0, 0.1) is 17.8 Å². The van der Waals surface area contributed by atoms with Gasteiger partial charge in [-0.15, -0.1) is 0 Å². The molecule has 82 valence electrons. The van der Waals surface area contributed by atoms with E-state index in [-0.39, 0.29) is 0 Å². The van der Waals surface area contributed by atoms with Gasteiger partial charge in [0.25, 0.3) is 0 Å². The van der Waals surface area contributed by atoms with Crippen LogP contribution >= 0.6 is 0 Å². The fourth-order valence-corrected chi connectivity index (χ4v) is 3.38. The fourth-order valence-electron chi connectivity index (χ4n) is 3.38. The number of hydrogen-bond acceptors (Lipinski definition) is 1. The van der Waals surface area contributed by atoms with E-state index in [1.807, 2.05) is 0 Å². The van der Waals surface area contributed by atoms with Crippen molar-refractivity contribution in [3.05, 3.63) is 0 Å². The SMILES string of the molecule is CC(CC1CCCC1)C1CCNCC1. The molecule has 0 spiro atoms. The van der Waals surface area contributed by atoms with Gasteiger partial charge in [-0.25, -0.2) is 0 Å². The van der Waals surface area contributed by atoms with Crippen molar-refractivity contribution in [1.82, 2.24) is 5.32 Å². The van der Waals surface area contributed by atoms with E-state index in [0.29, 0.717) is 0 Å². The highest BCUT2D eigenvalue weighted by Gasteiger charge is 2.24. The van der Waals surface area contributed by atoms with Gasteiger partial charge in [0.2, 0.25) is 0 Å². The third kappa shape index (κ3) is 2.73. The lowest BCUT2D eigenvalue weighted by molar-refractivity contribution is 0.235. The van der Waals surface area contributed by atoms with Crippen LogP contribution in [0.4, 0.5) is 0 Å². The number of nitrogens with one attached hydrogen (secondary N) is 1. The Morgan fingerprint density at radius 1 is 1.07 bits per heavy atom. The average Bonchev–Trinajstić information content (AvgIpc) is 2.72. The van der Waals surface area contributed by atoms with Crippen LogP contribution in [0.15, 0.2) is 0 Å². The Labute approximate surface area is 88.7 Å². The lowest BCUT2D eigenvalue weighted by Gasteiger charge is -2.29. The van der Waals surface area contributed by atoms with Crippen LogP contribution in [0.2, 0.25) is 0 Å². The van der Waals surface area contributed by atoms with Crippen molar-refractivity contribution in [2.24, 2.45) is 17.8 Å². The zero-order valence-electron chi connectivity index (χ0n) is 9.60. The molecule has 1 heterocycles. The van der Waals surface area contributed by atoms with E-state index in [9.17, 15) is 0 Å². The summed E-state index contributed by atoms with van der Waals surface area (Å²) in [6.07, 6.45) is 10.4. The lowest BCUT2D eigenvalue weighted by Crippen LogP contribution is -2.31. The Bertz CT molecular complexity index is 155. The minimum Gasteiger partial charge on any atom is -0.317 e. The minimum atomic E-state index is 0.986. The summed E-state index contributed by atoms with van der Waals surface area (Å²) in [7, 11) is 0. The van der Waals surface area contributed by atoms with E-state index in [4.69, 9.17) is 0 Å². The largest absolute Gasteiger partial charge is 0.317 e. The summed E-state index contributed by atoms with van der Waals surface area (Å²) >= 11 is 0. The van der Waals surface area contributed by atoms with Crippen LogP contribution in [-0.2, 0) is 0 Å². The number of piperidine rings is 1. The molecule has 1 aliphatic heterocycles. The van der Waals surface area contributed by atoms with Gasteiger partial charge in [-0.1, -0.05) is 32.6 Å². The molecule has 2 fully saturated rings. The summed E-state index contributed by atoms with van der Waals surface area (Å²) < 4.78 is 0. The van der Waals surface area contributed by atoms with Crippen molar-refractivity contribution < 1.29 is 0 Å². The first-order valence-corrected chi connectivity index (χ1v) is 6.57. The highest BCUT2D eigenvalue weighted by Crippen LogP contribution is 2.34. The Hall–Kier alpha value is -0.0400. The maximum atomic E-state index is 3.46. The Balaban J connectivity index is 1.72. The molecule has 14 heavy (non-hydrogen) atoms. The van der Waals surface area contributed by atoms with Gasteiger partial charge >= 0.3 is 0 Å². The predicted molar refractivity (Wildman–Crippen MR) is 61.3 cm³/mol. The Morgan fingerprint density at radius 3 is 2.36 bits per heavy atom. The topological polar surface area (TPSA) is 12.0 Å². The van der Waals surface area contributed by atoms with Gasteiger partial charge in [0.15, 0.2) is 0 Å². The van der Waals surface area contributed by atoms with Gasteiger partial charge < -0.3 is 5.32 Å². The first-order valence-electron chi connectivity index (χ1n) is 6.57. The Kier molecular flexibility index (Phi) is 3.86. The van der Waals surface area contributed by atoms with Crippen molar-refractivity contribution in [3.8, 4) is 0 Å². The van der Waals surface area contributed by atoms with Gasteiger partial charge in [-0.3, -0.25) is 0 Å². The van der Waals surface area contributed by atoms with E-state index >= 15 is 0 Å². The fraction of sp³-hybridized carbons (Fsp3) is 1.00. The summed E-state index contributed by atoms with van der Waals surface area (Å²) in [6.45, 7) is 5.02. The molecule has 1 unspecified atom stereocenters. The van der Waals surface area contributed by atoms with E-state index < -0.39 is 0 Å². The van der Waals surface area contributed by atoms with Crippen LogP contribution in [-0.4, -0.2) is 13.1 Å². The molecule has 2 rings (SSSR count). The zero-order valence-corrected chi connectivity index (χ0v) is 9.60. The summed E-state index contributed by atoms with van der Waals surface area (Å²) in [4.78, 5) is 0. The summed E-state index contributed by atoms with van der Waals surface area (Å²) in [6, 6.07) is 0. The van der Waals surface area contributed by atoms with Gasteiger partial charge in [0.05, 0.1) is 0 Å². The zero-order chi connectivity index (χ0) is 9.80. The molecule has 1 N–H and O–H groups in total. The van der Waals surface area contributed by atoms with Crippen LogP contribution in [0.1, 0.15) is 51.9 Å². The van der Waals surface area contributed by atoms with E-state index in [1.54, 1.807) is 0 Å². The first-order chi connectivity index (χ1) is 6.86. The van der Waals surface area contributed by atoms with Gasteiger partial charge in [-0.05, 0) is 50.1 Å². The van der Waals surface area contributed by atoms with Crippen molar-refractivity contribution in [1.29, 1.82) is 0 Å². The third-order valence-corrected chi connectivity index (χ3v) is 4.37. The third-order valence-electron chi connectivity index (χ3n) is 4.37. The molecule has 0 aromatic heterocycles. The summed E-state index contributed by atoms with van der Waals surface area (Å²) in [5.74, 6) is 3.09. The van der Waals surface area contributed by atoms with Gasteiger partial charge in [-0.2, -0.15) is 0 Å². The van der Waals surface area contributed by atoms with Crippen LogP contribution in [0.5, 0.6) is 0 Å². The molecule has 1 nitrogen and oxygen atoms in total. The van der Waals surface area contributed by atoms with Gasteiger partial charge in [0.1, 0.15) is 0 Å². The number of hydrogen-bond donors (Lipinski definition) is 1. The predicted octanol–water partition coefficient (Wildman–Crippen LogP) is 3.20. The average molecular weight is 195 g/mol. The molecular weight excluding hydrogens is 170 g/mol. The standard InChI is InChI=1S/C13H25N/c1-11(10-12-4-2-3-5-12)13-6-8-14-9-7-13/h11-14H,2-10H2,1H3. The molecular formula is C13H25N. The van der Waals surface area contributed by atoms with Crippen LogP contribution < -0.4 is 5.32 Å². The molecule has 0 radical (unpaired) electrons. The van der Waals surface area contributed by atoms with Crippen molar-refractivity contribution in [2.45, 2.75) is 51.9 Å².